The maximum Gasteiger partial charge on any atom is 0.331 e. The molecule has 0 amide bonds. The van der Waals surface area contributed by atoms with Crippen molar-refractivity contribution in [1.29, 1.82) is 0 Å². The molecule has 1 fully saturated rings. The fraction of sp³-hybridized carbons (Fsp3) is 0.667. The Hall–Kier alpha value is -1.04. The molecule has 0 radical (unpaired) electrons. The van der Waals surface area contributed by atoms with Gasteiger partial charge in [-0.1, -0.05) is 0 Å². The van der Waals surface area contributed by atoms with Crippen LogP contribution in [0.1, 0.15) is 12.8 Å². The van der Waals surface area contributed by atoms with Crippen molar-refractivity contribution in [1.82, 2.24) is 5.32 Å². The van der Waals surface area contributed by atoms with Crippen LogP contribution in [0.15, 0.2) is 12.3 Å². The van der Waals surface area contributed by atoms with E-state index in [1.54, 1.807) is 0 Å². The number of methoxy groups -OCH3 is 1. The van der Waals surface area contributed by atoms with Crippen LogP contribution in [0.3, 0.4) is 0 Å². The van der Waals surface area contributed by atoms with E-state index < -0.39 is 15.8 Å². The van der Waals surface area contributed by atoms with Crippen molar-refractivity contribution in [2.45, 2.75) is 18.9 Å². The van der Waals surface area contributed by atoms with Crippen LogP contribution in [0.2, 0.25) is 0 Å². The van der Waals surface area contributed by atoms with Gasteiger partial charge in [0.05, 0.1) is 18.6 Å². The van der Waals surface area contributed by atoms with Crippen molar-refractivity contribution in [2.24, 2.45) is 0 Å². The minimum absolute atomic E-state index is 0.134. The first-order valence-corrected chi connectivity index (χ1v) is 6.56. The number of rotatable bonds is 3. The summed E-state index contributed by atoms with van der Waals surface area (Å²) in [5.74, 6) is 0.0129. The Morgan fingerprint density at radius 2 is 2.00 bits per heavy atom. The molecule has 0 aliphatic carbocycles. The van der Waals surface area contributed by atoms with Gasteiger partial charge in [0.1, 0.15) is 9.84 Å². The fourth-order valence-electron chi connectivity index (χ4n) is 1.38. The SMILES string of the molecule is COC(=O)/C=C/NC1CCS(=O)(=O)CC1. The van der Waals surface area contributed by atoms with Crippen LogP contribution >= 0.6 is 0 Å². The number of hydrogen-bond acceptors (Lipinski definition) is 5. The molecule has 15 heavy (non-hydrogen) atoms. The highest BCUT2D eigenvalue weighted by Gasteiger charge is 2.22. The lowest BCUT2D eigenvalue weighted by Crippen LogP contribution is -2.34. The summed E-state index contributed by atoms with van der Waals surface area (Å²) >= 11 is 0. The number of carbonyl (C=O) groups is 1. The van der Waals surface area contributed by atoms with Crippen LogP contribution in [0.4, 0.5) is 0 Å². The van der Waals surface area contributed by atoms with Gasteiger partial charge in [0, 0.05) is 18.3 Å². The average molecular weight is 233 g/mol. The molecule has 1 aliphatic rings. The Morgan fingerprint density at radius 3 is 2.53 bits per heavy atom. The molecule has 0 aromatic rings. The van der Waals surface area contributed by atoms with E-state index in [4.69, 9.17) is 0 Å². The van der Waals surface area contributed by atoms with Gasteiger partial charge in [0.25, 0.3) is 0 Å². The van der Waals surface area contributed by atoms with Gasteiger partial charge in [-0.3, -0.25) is 0 Å². The van der Waals surface area contributed by atoms with Crippen LogP contribution in [0.25, 0.3) is 0 Å². The van der Waals surface area contributed by atoms with Crippen molar-refractivity contribution < 1.29 is 17.9 Å². The molecule has 5 nitrogen and oxygen atoms in total. The number of hydrogen-bond donors (Lipinski definition) is 1. The molecule has 1 rings (SSSR count). The molecule has 0 aromatic carbocycles. The van der Waals surface area contributed by atoms with E-state index in [1.165, 1.54) is 19.4 Å². The van der Waals surface area contributed by atoms with Crippen LogP contribution in [-0.2, 0) is 19.4 Å². The highest BCUT2D eigenvalue weighted by Crippen LogP contribution is 2.11. The molecule has 86 valence electrons. The Kier molecular flexibility index (Phi) is 4.14. The van der Waals surface area contributed by atoms with E-state index in [-0.39, 0.29) is 17.5 Å². The Bertz CT molecular complexity index is 333. The zero-order valence-electron chi connectivity index (χ0n) is 8.60. The lowest BCUT2D eigenvalue weighted by atomic mass is 10.2. The van der Waals surface area contributed by atoms with Gasteiger partial charge in [-0.05, 0) is 12.8 Å². The summed E-state index contributed by atoms with van der Waals surface area (Å²) in [7, 11) is -1.51. The molecule has 0 saturated carbocycles. The molecule has 0 unspecified atom stereocenters. The predicted octanol–water partition coefficient (Wildman–Crippen LogP) is -0.160. The lowest BCUT2D eigenvalue weighted by Gasteiger charge is -2.21. The van der Waals surface area contributed by atoms with Crippen molar-refractivity contribution in [3.05, 3.63) is 12.3 Å². The highest BCUT2D eigenvalue weighted by atomic mass is 32.2. The van der Waals surface area contributed by atoms with Crippen molar-refractivity contribution >= 4 is 15.8 Å². The fourth-order valence-corrected chi connectivity index (χ4v) is 2.87. The summed E-state index contributed by atoms with van der Waals surface area (Å²) in [6.07, 6.45) is 3.97. The number of ether oxygens (including phenoxy) is 1. The number of carbonyl (C=O) groups excluding carboxylic acids is 1. The first-order chi connectivity index (χ1) is 7.03. The largest absolute Gasteiger partial charge is 0.466 e. The van der Waals surface area contributed by atoms with E-state index in [1.807, 2.05) is 0 Å². The zero-order valence-corrected chi connectivity index (χ0v) is 9.42. The third-order valence-electron chi connectivity index (χ3n) is 2.31. The minimum atomic E-state index is -2.82. The quantitative estimate of drug-likeness (QED) is 0.541. The lowest BCUT2D eigenvalue weighted by molar-refractivity contribution is -0.134. The average Bonchev–Trinajstić information content (AvgIpc) is 2.20. The van der Waals surface area contributed by atoms with Gasteiger partial charge in [-0.2, -0.15) is 0 Å². The maximum absolute atomic E-state index is 11.1. The molecule has 0 bridgehead atoms. The number of esters is 1. The highest BCUT2D eigenvalue weighted by molar-refractivity contribution is 7.91. The van der Waals surface area contributed by atoms with E-state index in [0.717, 1.165) is 0 Å². The molecule has 1 aliphatic heterocycles. The summed E-state index contributed by atoms with van der Waals surface area (Å²) in [6, 6.07) is 0.134. The Balaban J connectivity index is 2.31. The number of sulfone groups is 1. The monoisotopic (exact) mass is 233 g/mol. The van der Waals surface area contributed by atoms with Gasteiger partial charge in [0.2, 0.25) is 0 Å². The molecule has 0 aromatic heterocycles. The van der Waals surface area contributed by atoms with Crippen LogP contribution < -0.4 is 5.32 Å². The second-order valence-electron chi connectivity index (χ2n) is 3.45. The predicted molar refractivity (Wildman–Crippen MR) is 56.0 cm³/mol. The Labute approximate surface area is 89.4 Å². The number of nitrogens with one attached hydrogen (secondary N) is 1. The third-order valence-corrected chi connectivity index (χ3v) is 4.02. The third kappa shape index (κ3) is 4.33. The topological polar surface area (TPSA) is 72.5 Å². The summed E-state index contributed by atoms with van der Waals surface area (Å²) in [4.78, 5) is 10.7. The van der Waals surface area contributed by atoms with E-state index in [9.17, 15) is 13.2 Å². The Morgan fingerprint density at radius 1 is 1.40 bits per heavy atom. The van der Waals surface area contributed by atoms with Crippen molar-refractivity contribution in [3.8, 4) is 0 Å². The van der Waals surface area contributed by atoms with Crippen molar-refractivity contribution in [2.75, 3.05) is 18.6 Å². The van der Waals surface area contributed by atoms with Gasteiger partial charge in [-0.15, -0.1) is 0 Å². The van der Waals surface area contributed by atoms with Gasteiger partial charge >= 0.3 is 5.97 Å². The standard InChI is InChI=1S/C9H15NO4S/c1-14-9(11)2-5-10-8-3-6-15(12,13)7-4-8/h2,5,8,10H,3-4,6-7H2,1H3/b5-2+. The zero-order chi connectivity index (χ0) is 11.3. The van der Waals surface area contributed by atoms with E-state index >= 15 is 0 Å². The summed E-state index contributed by atoms with van der Waals surface area (Å²) in [6.45, 7) is 0. The van der Waals surface area contributed by atoms with E-state index in [2.05, 4.69) is 10.1 Å². The minimum Gasteiger partial charge on any atom is -0.466 e. The maximum atomic E-state index is 11.1. The van der Waals surface area contributed by atoms with Gasteiger partial charge in [-0.25, -0.2) is 13.2 Å². The summed E-state index contributed by atoms with van der Waals surface area (Å²) < 4.78 is 26.6. The van der Waals surface area contributed by atoms with Gasteiger partial charge in [0.15, 0.2) is 0 Å². The summed E-state index contributed by atoms with van der Waals surface area (Å²) in [5, 5.41) is 2.98. The summed E-state index contributed by atoms with van der Waals surface area (Å²) in [5.41, 5.74) is 0. The van der Waals surface area contributed by atoms with E-state index in [0.29, 0.717) is 12.8 Å². The van der Waals surface area contributed by atoms with Gasteiger partial charge < -0.3 is 10.1 Å². The normalized spacial score (nSPS) is 21.4. The molecular formula is C9H15NO4S. The smallest absolute Gasteiger partial charge is 0.331 e. The first kappa shape index (κ1) is 12.0. The molecule has 0 atom stereocenters. The van der Waals surface area contributed by atoms with Crippen LogP contribution in [0.5, 0.6) is 0 Å². The van der Waals surface area contributed by atoms with Crippen molar-refractivity contribution in [3.63, 3.8) is 0 Å². The molecule has 0 spiro atoms. The molecule has 6 heteroatoms. The molecule has 1 heterocycles. The first-order valence-electron chi connectivity index (χ1n) is 4.74. The second kappa shape index (κ2) is 5.16. The van der Waals surface area contributed by atoms with Crippen LogP contribution in [0, 0.1) is 0 Å². The molecule has 1 N–H and O–H groups in total. The molecule has 1 saturated heterocycles. The second-order valence-corrected chi connectivity index (χ2v) is 5.75. The van der Waals surface area contributed by atoms with Crippen LogP contribution in [-0.4, -0.2) is 39.0 Å². The molecular weight excluding hydrogens is 218 g/mol.